The summed E-state index contributed by atoms with van der Waals surface area (Å²) in [4.78, 5) is 0. The van der Waals surface area contributed by atoms with E-state index in [2.05, 4.69) is 37.5 Å². The van der Waals surface area contributed by atoms with Crippen LogP contribution in [0.3, 0.4) is 0 Å². The standard InChI is InChI=1S/C10H16N2.C3H8/c1-3-9-8(2)11-12-7-5-4-6-10(9)12;1-3-2/h3-7H2,1-2H3;3H2,1-2H3. The maximum Gasteiger partial charge on any atom is 0.0628 e. The van der Waals surface area contributed by atoms with Gasteiger partial charge in [-0.3, -0.25) is 4.68 Å². The Kier molecular flexibility index (Phi) is 4.86. The van der Waals surface area contributed by atoms with Crippen molar-refractivity contribution in [2.75, 3.05) is 0 Å². The fourth-order valence-electron chi connectivity index (χ4n) is 2.15. The van der Waals surface area contributed by atoms with E-state index >= 15 is 0 Å². The minimum absolute atomic E-state index is 1.14. The first-order valence-electron chi connectivity index (χ1n) is 6.29. The van der Waals surface area contributed by atoms with E-state index in [0.717, 1.165) is 13.0 Å². The third-order valence-electron chi connectivity index (χ3n) is 2.75. The molecule has 2 nitrogen and oxygen atoms in total. The second kappa shape index (κ2) is 5.94. The normalized spacial score (nSPS) is 14.1. The van der Waals surface area contributed by atoms with Gasteiger partial charge in [-0.25, -0.2) is 0 Å². The lowest BCUT2D eigenvalue weighted by Gasteiger charge is -2.13. The number of aryl methyl sites for hydroxylation is 2. The second-order valence-electron chi connectivity index (χ2n) is 4.25. The van der Waals surface area contributed by atoms with E-state index in [1.54, 1.807) is 0 Å². The van der Waals surface area contributed by atoms with Crippen LogP contribution in [0.1, 0.15) is 57.0 Å². The molecule has 1 aliphatic heterocycles. The van der Waals surface area contributed by atoms with Crippen molar-refractivity contribution in [3.05, 3.63) is 17.0 Å². The molecule has 0 aromatic carbocycles. The van der Waals surface area contributed by atoms with Crippen LogP contribution in [0.5, 0.6) is 0 Å². The Hall–Kier alpha value is -0.790. The summed E-state index contributed by atoms with van der Waals surface area (Å²) in [5.41, 5.74) is 4.24. The van der Waals surface area contributed by atoms with Gasteiger partial charge in [0.1, 0.15) is 0 Å². The molecule has 0 bridgehead atoms. The van der Waals surface area contributed by atoms with Crippen LogP contribution < -0.4 is 0 Å². The third kappa shape index (κ3) is 2.83. The summed E-state index contributed by atoms with van der Waals surface area (Å²) in [6.45, 7) is 9.74. The van der Waals surface area contributed by atoms with Crippen molar-refractivity contribution in [3.8, 4) is 0 Å². The van der Waals surface area contributed by atoms with E-state index in [-0.39, 0.29) is 0 Å². The minimum atomic E-state index is 1.14. The molecule has 0 aliphatic carbocycles. The number of aromatic nitrogens is 2. The molecule has 0 fully saturated rings. The van der Waals surface area contributed by atoms with Gasteiger partial charge in [0.25, 0.3) is 0 Å². The summed E-state index contributed by atoms with van der Waals surface area (Å²) in [6, 6.07) is 0. The van der Waals surface area contributed by atoms with Crippen molar-refractivity contribution in [1.29, 1.82) is 0 Å². The largest absolute Gasteiger partial charge is 0.269 e. The predicted octanol–water partition coefficient (Wildman–Crippen LogP) is 3.51. The Bertz CT molecular complexity index is 300. The molecule has 0 atom stereocenters. The van der Waals surface area contributed by atoms with Gasteiger partial charge in [-0.05, 0) is 38.2 Å². The van der Waals surface area contributed by atoms with Crippen molar-refractivity contribution >= 4 is 0 Å². The highest BCUT2D eigenvalue weighted by atomic mass is 15.3. The van der Waals surface area contributed by atoms with Gasteiger partial charge in [0, 0.05) is 12.2 Å². The Labute approximate surface area is 93.7 Å². The zero-order valence-corrected chi connectivity index (χ0v) is 10.6. The second-order valence-corrected chi connectivity index (χ2v) is 4.25. The van der Waals surface area contributed by atoms with Crippen LogP contribution in [-0.2, 0) is 19.4 Å². The molecule has 0 saturated carbocycles. The Morgan fingerprint density at radius 1 is 1.20 bits per heavy atom. The summed E-state index contributed by atoms with van der Waals surface area (Å²) in [5.74, 6) is 0. The van der Waals surface area contributed by atoms with E-state index in [9.17, 15) is 0 Å². The lowest BCUT2D eigenvalue weighted by atomic mass is 10.0. The summed E-state index contributed by atoms with van der Waals surface area (Å²) in [6.07, 6.45) is 6.28. The van der Waals surface area contributed by atoms with Crippen LogP contribution in [-0.4, -0.2) is 9.78 Å². The van der Waals surface area contributed by atoms with Gasteiger partial charge < -0.3 is 0 Å². The van der Waals surface area contributed by atoms with Crippen molar-refractivity contribution in [3.63, 3.8) is 0 Å². The van der Waals surface area contributed by atoms with Crippen molar-refractivity contribution in [1.82, 2.24) is 9.78 Å². The number of nitrogens with zero attached hydrogens (tertiary/aromatic N) is 2. The average Bonchev–Trinajstić information content (AvgIpc) is 2.54. The van der Waals surface area contributed by atoms with Crippen LogP contribution in [0.4, 0.5) is 0 Å². The van der Waals surface area contributed by atoms with Gasteiger partial charge >= 0.3 is 0 Å². The van der Waals surface area contributed by atoms with E-state index < -0.39 is 0 Å². The Morgan fingerprint density at radius 3 is 2.47 bits per heavy atom. The first-order valence-corrected chi connectivity index (χ1v) is 6.29. The number of rotatable bonds is 1. The Balaban J connectivity index is 0.000000337. The Morgan fingerprint density at radius 2 is 1.87 bits per heavy atom. The smallest absolute Gasteiger partial charge is 0.0628 e. The van der Waals surface area contributed by atoms with Crippen LogP contribution >= 0.6 is 0 Å². The zero-order chi connectivity index (χ0) is 11.3. The highest BCUT2D eigenvalue weighted by molar-refractivity contribution is 5.26. The molecule has 0 saturated heterocycles. The highest BCUT2D eigenvalue weighted by Crippen LogP contribution is 2.21. The number of hydrogen-bond donors (Lipinski definition) is 0. The van der Waals surface area contributed by atoms with Crippen molar-refractivity contribution < 1.29 is 0 Å². The lowest BCUT2D eigenvalue weighted by molar-refractivity contribution is 0.483. The maximum absolute atomic E-state index is 4.54. The van der Waals surface area contributed by atoms with Crippen molar-refractivity contribution in [2.45, 2.75) is 66.3 Å². The minimum Gasteiger partial charge on any atom is -0.269 e. The van der Waals surface area contributed by atoms with Crippen LogP contribution in [0, 0.1) is 6.92 Å². The van der Waals surface area contributed by atoms with E-state index in [4.69, 9.17) is 0 Å². The van der Waals surface area contributed by atoms with Gasteiger partial charge in [-0.1, -0.05) is 27.2 Å². The summed E-state index contributed by atoms with van der Waals surface area (Å²) >= 11 is 0. The van der Waals surface area contributed by atoms with Gasteiger partial charge in [-0.2, -0.15) is 5.10 Å². The first-order chi connectivity index (χ1) is 7.24. The molecule has 0 radical (unpaired) electrons. The average molecular weight is 208 g/mol. The molecule has 1 aliphatic rings. The molecule has 0 unspecified atom stereocenters. The maximum atomic E-state index is 4.54. The quantitative estimate of drug-likeness (QED) is 0.690. The molecular weight excluding hydrogens is 184 g/mol. The molecular formula is C13H24N2. The number of hydrogen-bond acceptors (Lipinski definition) is 1. The van der Waals surface area contributed by atoms with Crippen LogP contribution in [0.2, 0.25) is 0 Å². The van der Waals surface area contributed by atoms with E-state index in [1.165, 1.54) is 42.6 Å². The first kappa shape index (κ1) is 12.3. The van der Waals surface area contributed by atoms with Crippen molar-refractivity contribution in [2.24, 2.45) is 0 Å². The molecule has 0 amide bonds. The molecule has 86 valence electrons. The fourth-order valence-corrected chi connectivity index (χ4v) is 2.15. The SMILES string of the molecule is CCC.CCc1c(C)nn2c1CCCC2. The van der Waals surface area contributed by atoms with Gasteiger partial charge in [0.05, 0.1) is 5.69 Å². The van der Waals surface area contributed by atoms with Crippen LogP contribution in [0.15, 0.2) is 0 Å². The topological polar surface area (TPSA) is 17.8 Å². The lowest BCUT2D eigenvalue weighted by Crippen LogP contribution is -2.11. The monoisotopic (exact) mass is 208 g/mol. The zero-order valence-electron chi connectivity index (χ0n) is 10.6. The van der Waals surface area contributed by atoms with E-state index in [1.807, 2.05) is 0 Å². The molecule has 15 heavy (non-hydrogen) atoms. The molecule has 1 aromatic heterocycles. The van der Waals surface area contributed by atoms with Gasteiger partial charge in [-0.15, -0.1) is 0 Å². The van der Waals surface area contributed by atoms with Gasteiger partial charge in [0.15, 0.2) is 0 Å². The molecule has 0 spiro atoms. The summed E-state index contributed by atoms with van der Waals surface area (Å²) < 4.78 is 2.21. The molecule has 2 heteroatoms. The molecule has 2 heterocycles. The van der Waals surface area contributed by atoms with Gasteiger partial charge in [0.2, 0.25) is 0 Å². The van der Waals surface area contributed by atoms with Crippen LogP contribution in [0.25, 0.3) is 0 Å². The highest BCUT2D eigenvalue weighted by Gasteiger charge is 2.15. The molecule has 1 aromatic rings. The fraction of sp³-hybridized carbons (Fsp3) is 0.769. The summed E-state index contributed by atoms with van der Waals surface area (Å²) in [5, 5.41) is 4.54. The molecule has 0 N–H and O–H groups in total. The number of fused-ring (bicyclic) bond motifs is 1. The molecule has 2 rings (SSSR count). The van der Waals surface area contributed by atoms with E-state index in [0.29, 0.717) is 0 Å². The third-order valence-corrected chi connectivity index (χ3v) is 2.75. The predicted molar refractivity (Wildman–Crippen MR) is 65.2 cm³/mol. The summed E-state index contributed by atoms with van der Waals surface area (Å²) in [7, 11) is 0.